The number of halogens is 4. The van der Waals surface area contributed by atoms with Crippen LogP contribution in [0.5, 0.6) is 5.75 Å². The highest BCUT2D eigenvalue weighted by Gasteiger charge is 2.31. The van der Waals surface area contributed by atoms with Crippen LogP contribution in [0, 0.1) is 0 Å². The number of ether oxygens (including phenoxy) is 1. The summed E-state index contributed by atoms with van der Waals surface area (Å²) in [5.41, 5.74) is 1.14. The third-order valence-electron chi connectivity index (χ3n) is 3.36. The number of fused-ring (bicyclic) bond motifs is 1. The molecule has 1 aromatic carbocycles. The third kappa shape index (κ3) is 3.35. The van der Waals surface area contributed by atoms with Crippen molar-refractivity contribution < 1.29 is 17.9 Å². The first kappa shape index (κ1) is 16.8. The first-order valence-electron chi connectivity index (χ1n) is 7.14. The van der Waals surface area contributed by atoms with Crippen molar-refractivity contribution in [2.24, 2.45) is 0 Å². The Kier molecular flexibility index (Phi) is 4.04. The number of nitrogens with zero attached hydrogens (tertiary/aromatic N) is 5. The van der Waals surface area contributed by atoms with Crippen molar-refractivity contribution in [2.45, 2.75) is 12.8 Å². The summed E-state index contributed by atoms with van der Waals surface area (Å²) < 4.78 is 42.5. The summed E-state index contributed by atoms with van der Waals surface area (Å²) in [6.07, 6.45) is -3.05. The molecule has 0 saturated heterocycles. The van der Waals surface area contributed by atoms with Gasteiger partial charge in [0.2, 0.25) is 4.96 Å². The predicted octanol–water partition coefficient (Wildman–Crippen LogP) is 3.72. The molecule has 3 aromatic heterocycles. The average Bonchev–Trinajstić information content (AvgIpc) is 3.23. The Morgan fingerprint density at radius 1 is 1.27 bits per heavy atom. The summed E-state index contributed by atoms with van der Waals surface area (Å²) in [4.78, 5) is 0.531. The predicted molar refractivity (Wildman–Crippen MR) is 87.2 cm³/mol. The van der Waals surface area contributed by atoms with Crippen molar-refractivity contribution in [3.63, 3.8) is 0 Å². The smallest absolute Gasteiger partial charge is 0.406 e. The van der Waals surface area contributed by atoms with Gasteiger partial charge in [-0.05, 0) is 17.7 Å². The Morgan fingerprint density at radius 2 is 2.12 bits per heavy atom. The van der Waals surface area contributed by atoms with Gasteiger partial charge in [-0.3, -0.25) is 5.10 Å². The minimum absolute atomic E-state index is 0.232. The summed E-state index contributed by atoms with van der Waals surface area (Å²) in [5, 5.41) is 20.1. The Balaban J connectivity index is 1.63. The van der Waals surface area contributed by atoms with Gasteiger partial charge in [0.05, 0.1) is 11.2 Å². The van der Waals surface area contributed by atoms with Gasteiger partial charge < -0.3 is 4.74 Å². The molecular formula is C14H8ClF3N6OS. The number of aromatic amines is 1. The van der Waals surface area contributed by atoms with E-state index in [4.69, 9.17) is 11.6 Å². The van der Waals surface area contributed by atoms with E-state index in [1.54, 1.807) is 6.07 Å². The number of H-pyrrole nitrogens is 1. The van der Waals surface area contributed by atoms with E-state index in [2.05, 4.69) is 30.2 Å². The van der Waals surface area contributed by atoms with Gasteiger partial charge in [-0.15, -0.1) is 23.4 Å². The van der Waals surface area contributed by atoms with E-state index in [0.29, 0.717) is 32.1 Å². The molecule has 0 atom stereocenters. The van der Waals surface area contributed by atoms with Crippen LogP contribution in [-0.4, -0.2) is 36.4 Å². The van der Waals surface area contributed by atoms with Gasteiger partial charge >= 0.3 is 6.36 Å². The largest absolute Gasteiger partial charge is 0.573 e. The Morgan fingerprint density at radius 3 is 2.85 bits per heavy atom. The molecule has 26 heavy (non-hydrogen) atoms. The van der Waals surface area contributed by atoms with Crippen LogP contribution < -0.4 is 4.74 Å². The quantitative estimate of drug-likeness (QED) is 0.564. The highest BCUT2D eigenvalue weighted by molar-refractivity contribution is 7.19. The van der Waals surface area contributed by atoms with Crippen LogP contribution in [0.2, 0.25) is 5.02 Å². The van der Waals surface area contributed by atoms with Crippen LogP contribution in [0.1, 0.15) is 11.4 Å². The maximum Gasteiger partial charge on any atom is 0.573 e. The summed E-state index contributed by atoms with van der Waals surface area (Å²) in [6.45, 7) is 0. The topological polar surface area (TPSA) is 81.0 Å². The highest BCUT2D eigenvalue weighted by atomic mass is 35.5. The summed E-state index contributed by atoms with van der Waals surface area (Å²) in [7, 11) is 0. The molecule has 0 aliphatic carbocycles. The number of benzene rings is 1. The number of rotatable bonds is 4. The van der Waals surface area contributed by atoms with Crippen LogP contribution in [0.3, 0.4) is 0 Å². The van der Waals surface area contributed by atoms with Crippen LogP contribution in [0.4, 0.5) is 13.2 Å². The molecule has 7 nitrogen and oxygen atoms in total. The molecule has 134 valence electrons. The number of aromatic nitrogens is 6. The molecule has 0 unspecified atom stereocenters. The molecule has 4 rings (SSSR count). The van der Waals surface area contributed by atoms with Crippen molar-refractivity contribution in [2.75, 3.05) is 0 Å². The second-order valence-electron chi connectivity index (χ2n) is 5.18. The summed E-state index contributed by atoms with van der Waals surface area (Å²) >= 11 is 7.29. The molecular weight excluding hydrogens is 393 g/mol. The van der Waals surface area contributed by atoms with Crippen LogP contribution in [0.15, 0.2) is 30.5 Å². The molecule has 3 heterocycles. The van der Waals surface area contributed by atoms with Gasteiger partial charge in [-0.25, -0.2) is 0 Å². The molecule has 0 bridgehead atoms. The molecule has 12 heteroatoms. The van der Waals surface area contributed by atoms with Crippen molar-refractivity contribution in [3.8, 4) is 16.5 Å². The summed E-state index contributed by atoms with van der Waals surface area (Å²) in [5.74, 6) is 0.182. The van der Waals surface area contributed by atoms with Crippen molar-refractivity contribution >= 4 is 27.9 Å². The molecule has 0 spiro atoms. The monoisotopic (exact) mass is 400 g/mol. The molecule has 0 aliphatic rings. The Labute approximate surface area is 152 Å². The van der Waals surface area contributed by atoms with Crippen LogP contribution >= 0.6 is 22.9 Å². The molecule has 0 aliphatic heterocycles. The van der Waals surface area contributed by atoms with Crippen LogP contribution in [0.25, 0.3) is 15.7 Å². The zero-order chi connectivity index (χ0) is 18.3. The van der Waals surface area contributed by atoms with Gasteiger partial charge in [-0.1, -0.05) is 35.1 Å². The first-order valence-corrected chi connectivity index (χ1v) is 8.33. The fourth-order valence-electron chi connectivity index (χ4n) is 2.33. The van der Waals surface area contributed by atoms with E-state index in [-0.39, 0.29) is 12.2 Å². The highest BCUT2D eigenvalue weighted by Crippen LogP contribution is 2.29. The van der Waals surface area contributed by atoms with E-state index in [0.717, 1.165) is 0 Å². The second kappa shape index (κ2) is 6.25. The maximum atomic E-state index is 12.4. The lowest BCUT2D eigenvalue weighted by atomic mass is 10.1. The standard InChI is InChI=1S/C14H8ClF3N6OS/c15-9-6-19-21-11(9)12-23-24-10(20-22-13(24)26-12)5-7-2-1-3-8(4-7)25-14(16,17)18/h1-4,6H,5H2,(H,19,21). The van der Waals surface area contributed by atoms with Gasteiger partial charge in [-0.2, -0.15) is 14.7 Å². The zero-order valence-electron chi connectivity index (χ0n) is 12.7. The lowest BCUT2D eigenvalue weighted by Gasteiger charge is -2.09. The summed E-state index contributed by atoms with van der Waals surface area (Å²) in [6, 6.07) is 5.68. The minimum Gasteiger partial charge on any atom is -0.406 e. The fourth-order valence-corrected chi connectivity index (χ4v) is 3.43. The fraction of sp³-hybridized carbons (Fsp3) is 0.143. The number of nitrogens with one attached hydrogen (secondary N) is 1. The molecule has 0 amide bonds. The van der Waals surface area contributed by atoms with Gasteiger partial charge in [0.25, 0.3) is 0 Å². The number of alkyl halides is 3. The van der Waals surface area contributed by atoms with E-state index in [9.17, 15) is 13.2 Å². The van der Waals surface area contributed by atoms with Crippen molar-refractivity contribution in [1.29, 1.82) is 0 Å². The lowest BCUT2D eigenvalue weighted by Crippen LogP contribution is -2.17. The van der Waals surface area contributed by atoms with E-state index < -0.39 is 6.36 Å². The lowest BCUT2D eigenvalue weighted by molar-refractivity contribution is -0.274. The van der Waals surface area contributed by atoms with E-state index in [1.165, 1.54) is 40.2 Å². The molecule has 1 N–H and O–H groups in total. The number of hydrogen-bond acceptors (Lipinski definition) is 6. The first-order chi connectivity index (χ1) is 12.4. The molecule has 0 radical (unpaired) electrons. The van der Waals surface area contributed by atoms with Crippen molar-refractivity contribution in [3.05, 3.63) is 46.9 Å². The van der Waals surface area contributed by atoms with E-state index >= 15 is 0 Å². The molecule has 0 saturated carbocycles. The average molecular weight is 401 g/mol. The Hall–Kier alpha value is -2.66. The van der Waals surface area contributed by atoms with Crippen molar-refractivity contribution in [1.82, 2.24) is 30.0 Å². The normalized spacial score (nSPS) is 12.0. The SMILES string of the molecule is FC(F)(F)Oc1cccc(Cc2nnc3sc(-c4[nH]ncc4Cl)nn23)c1. The van der Waals surface area contributed by atoms with Gasteiger partial charge in [0, 0.05) is 6.42 Å². The van der Waals surface area contributed by atoms with Gasteiger partial charge in [0.1, 0.15) is 11.4 Å². The number of hydrogen-bond donors (Lipinski definition) is 1. The minimum atomic E-state index is -4.74. The molecule has 4 aromatic rings. The van der Waals surface area contributed by atoms with E-state index in [1.807, 2.05) is 0 Å². The second-order valence-corrected chi connectivity index (χ2v) is 6.55. The zero-order valence-corrected chi connectivity index (χ0v) is 14.2. The molecule has 0 fully saturated rings. The van der Waals surface area contributed by atoms with Crippen LogP contribution in [-0.2, 0) is 6.42 Å². The third-order valence-corrected chi connectivity index (χ3v) is 4.56. The van der Waals surface area contributed by atoms with Gasteiger partial charge in [0.15, 0.2) is 10.8 Å². The maximum absolute atomic E-state index is 12.4. The Bertz CT molecular complexity index is 1070.